The predicted molar refractivity (Wildman–Crippen MR) is 67.9 cm³/mol. The predicted octanol–water partition coefficient (Wildman–Crippen LogP) is 4.85. The molecule has 68 valence electrons. The first kappa shape index (κ1) is 10.1. The molecule has 0 aliphatic carbocycles. The molecule has 0 aliphatic heterocycles. The number of rotatable bonds is 1. The first-order valence-electron chi connectivity index (χ1n) is 3.50. The minimum Gasteiger partial charge on any atom is -0.200 e. The van der Waals surface area contributed by atoms with E-state index < -0.39 is 0 Å². The Labute approximate surface area is 105 Å². The van der Waals surface area contributed by atoms with E-state index in [1.807, 2.05) is 6.20 Å². The van der Waals surface area contributed by atoms with E-state index >= 15 is 0 Å². The van der Waals surface area contributed by atoms with Crippen LogP contribution in [-0.4, -0.2) is 4.37 Å². The molecule has 0 fully saturated rings. The van der Waals surface area contributed by atoms with Gasteiger partial charge in [0.05, 0.1) is 8.44 Å². The quantitative estimate of drug-likeness (QED) is 0.639. The van der Waals surface area contributed by atoms with Crippen molar-refractivity contribution in [3.8, 4) is 0 Å². The van der Waals surface area contributed by atoms with Crippen molar-refractivity contribution >= 4 is 69.4 Å². The molecule has 0 N–H and O–H groups in total. The van der Waals surface area contributed by atoms with Crippen LogP contribution in [0.15, 0.2) is 22.8 Å². The molecule has 1 heterocycles. The van der Waals surface area contributed by atoms with Crippen LogP contribution in [0.25, 0.3) is 10.1 Å². The van der Waals surface area contributed by atoms with Gasteiger partial charge >= 0.3 is 0 Å². The van der Waals surface area contributed by atoms with Crippen molar-refractivity contribution < 1.29 is 0 Å². The number of hydrogen-bond acceptors (Lipinski definition) is 2. The lowest BCUT2D eigenvalue weighted by Crippen LogP contribution is -1.80. The highest BCUT2D eigenvalue weighted by atomic mass is 79.9. The second kappa shape index (κ2) is 3.96. The Hall–Kier alpha value is 0.550. The lowest BCUT2D eigenvalue weighted by molar-refractivity contribution is 1.48. The van der Waals surface area contributed by atoms with Crippen LogP contribution in [0, 0.1) is 0 Å². The van der Waals surface area contributed by atoms with Gasteiger partial charge in [0.1, 0.15) is 0 Å². The SMILES string of the molecule is Brc1cc(C(Br)Br)c2sncc2c1. The minimum atomic E-state index is 0.181. The van der Waals surface area contributed by atoms with Gasteiger partial charge in [-0.1, -0.05) is 47.8 Å². The molecule has 0 aliphatic rings. The Kier molecular flexibility index (Phi) is 3.07. The van der Waals surface area contributed by atoms with Gasteiger partial charge in [0.15, 0.2) is 0 Å². The molecule has 0 radical (unpaired) electrons. The van der Waals surface area contributed by atoms with Gasteiger partial charge in [-0.3, -0.25) is 0 Å². The summed E-state index contributed by atoms with van der Waals surface area (Å²) in [6.45, 7) is 0. The van der Waals surface area contributed by atoms with Gasteiger partial charge in [-0.2, -0.15) is 4.37 Å². The number of alkyl halides is 2. The fourth-order valence-electron chi connectivity index (χ4n) is 1.14. The molecule has 2 aromatic rings. The van der Waals surface area contributed by atoms with E-state index in [-0.39, 0.29) is 3.74 Å². The molecule has 0 saturated heterocycles. The summed E-state index contributed by atoms with van der Waals surface area (Å²) < 4.78 is 6.65. The van der Waals surface area contributed by atoms with Crippen LogP contribution in [0.1, 0.15) is 9.30 Å². The van der Waals surface area contributed by atoms with Crippen molar-refractivity contribution in [3.63, 3.8) is 0 Å². The summed E-state index contributed by atoms with van der Waals surface area (Å²) in [5.41, 5.74) is 1.21. The first-order valence-corrected chi connectivity index (χ1v) is 6.90. The van der Waals surface area contributed by atoms with Gasteiger partial charge in [0, 0.05) is 16.1 Å². The Morgan fingerprint density at radius 2 is 2.08 bits per heavy atom. The van der Waals surface area contributed by atoms with Gasteiger partial charge in [0.2, 0.25) is 0 Å². The van der Waals surface area contributed by atoms with Crippen LogP contribution in [0.3, 0.4) is 0 Å². The van der Waals surface area contributed by atoms with E-state index in [2.05, 4.69) is 64.3 Å². The zero-order valence-electron chi connectivity index (χ0n) is 6.30. The van der Waals surface area contributed by atoms with Gasteiger partial charge < -0.3 is 0 Å². The summed E-state index contributed by atoms with van der Waals surface area (Å²) >= 11 is 12.0. The van der Waals surface area contributed by atoms with Gasteiger partial charge in [-0.25, -0.2) is 0 Å². The van der Waals surface area contributed by atoms with Crippen LogP contribution in [0.2, 0.25) is 0 Å². The van der Waals surface area contributed by atoms with E-state index in [0.29, 0.717) is 0 Å². The van der Waals surface area contributed by atoms with E-state index in [9.17, 15) is 0 Å². The number of nitrogens with zero attached hydrogens (tertiary/aromatic N) is 1. The maximum Gasteiger partial charge on any atom is 0.0961 e. The van der Waals surface area contributed by atoms with Crippen LogP contribution in [0.5, 0.6) is 0 Å². The van der Waals surface area contributed by atoms with E-state index in [1.165, 1.54) is 27.2 Å². The number of aromatic nitrogens is 1. The fraction of sp³-hybridized carbons (Fsp3) is 0.125. The smallest absolute Gasteiger partial charge is 0.0961 e. The van der Waals surface area contributed by atoms with Crippen LogP contribution >= 0.6 is 59.3 Å². The van der Waals surface area contributed by atoms with Crippen molar-refractivity contribution in [1.29, 1.82) is 0 Å². The number of fused-ring (bicyclic) bond motifs is 1. The maximum absolute atomic E-state index is 4.16. The number of halogens is 3. The van der Waals surface area contributed by atoms with Crippen LogP contribution in [-0.2, 0) is 0 Å². The number of benzene rings is 1. The second-order valence-electron chi connectivity index (χ2n) is 2.54. The van der Waals surface area contributed by atoms with E-state index in [0.717, 1.165) is 4.47 Å². The van der Waals surface area contributed by atoms with E-state index in [1.54, 1.807) is 0 Å². The summed E-state index contributed by atoms with van der Waals surface area (Å²) in [5.74, 6) is 0. The molecule has 1 nitrogen and oxygen atoms in total. The largest absolute Gasteiger partial charge is 0.200 e. The molecule has 1 aromatic heterocycles. The summed E-state index contributed by atoms with van der Waals surface area (Å²) in [6, 6.07) is 4.17. The lowest BCUT2D eigenvalue weighted by Gasteiger charge is -2.03. The zero-order chi connectivity index (χ0) is 9.42. The summed E-state index contributed by atoms with van der Waals surface area (Å²) in [7, 11) is 0. The molecular formula is C8H4Br3NS. The first-order chi connectivity index (χ1) is 6.18. The molecule has 2 rings (SSSR count). The Morgan fingerprint density at radius 3 is 2.77 bits per heavy atom. The monoisotopic (exact) mass is 383 g/mol. The summed E-state index contributed by atoms with van der Waals surface area (Å²) in [4.78, 5) is 0. The molecule has 13 heavy (non-hydrogen) atoms. The average molecular weight is 386 g/mol. The van der Waals surface area contributed by atoms with Crippen molar-refractivity contribution in [2.24, 2.45) is 0 Å². The Balaban J connectivity index is 2.77. The van der Waals surface area contributed by atoms with Gasteiger partial charge in [-0.15, -0.1) is 0 Å². The Morgan fingerprint density at radius 1 is 1.31 bits per heavy atom. The molecule has 0 unspecified atom stereocenters. The summed E-state index contributed by atoms with van der Waals surface area (Å²) in [6.07, 6.45) is 1.89. The molecule has 0 amide bonds. The Bertz CT molecular complexity index is 438. The van der Waals surface area contributed by atoms with Crippen LogP contribution in [0.4, 0.5) is 0 Å². The average Bonchev–Trinajstić information content (AvgIpc) is 2.49. The van der Waals surface area contributed by atoms with Crippen molar-refractivity contribution in [3.05, 3.63) is 28.4 Å². The molecular weight excluding hydrogens is 382 g/mol. The van der Waals surface area contributed by atoms with Crippen molar-refractivity contribution in [1.82, 2.24) is 4.37 Å². The molecule has 0 spiro atoms. The normalized spacial score (nSPS) is 11.4. The highest BCUT2D eigenvalue weighted by Gasteiger charge is 2.10. The lowest BCUT2D eigenvalue weighted by atomic mass is 10.2. The van der Waals surface area contributed by atoms with Crippen molar-refractivity contribution in [2.45, 2.75) is 3.74 Å². The molecule has 1 aromatic carbocycles. The zero-order valence-corrected chi connectivity index (χ0v) is 11.9. The maximum atomic E-state index is 4.16. The fourth-order valence-corrected chi connectivity index (χ4v) is 3.43. The topological polar surface area (TPSA) is 12.9 Å². The van der Waals surface area contributed by atoms with E-state index in [4.69, 9.17) is 0 Å². The molecule has 0 atom stereocenters. The molecule has 5 heteroatoms. The van der Waals surface area contributed by atoms with Crippen molar-refractivity contribution in [2.75, 3.05) is 0 Å². The molecule has 0 bridgehead atoms. The van der Waals surface area contributed by atoms with Crippen LogP contribution < -0.4 is 0 Å². The third kappa shape index (κ3) is 1.98. The van der Waals surface area contributed by atoms with Gasteiger partial charge in [-0.05, 0) is 29.2 Å². The third-order valence-corrected chi connectivity index (χ3v) is 3.99. The third-order valence-electron chi connectivity index (χ3n) is 1.68. The minimum absolute atomic E-state index is 0.181. The standard InChI is InChI=1S/C8H4Br3NS/c9-5-1-4-3-12-13-7(4)6(2-5)8(10)11/h1-3,8H. The van der Waals surface area contributed by atoms with Gasteiger partial charge in [0.25, 0.3) is 0 Å². The summed E-state index contributed by atoms with van der Waals surface area (Å²) in [5, 5.41) is 1.18. The highest BCUT2D eigenvalue weighted by molar-refractivity contribution is 9.24. The highest BCUT2D eigenvalue weighted by Crippen LogP contribution is 2.38. The molecule has 0 saturated carbocycles. The number of hydrogen-bond donors (Lipinski definition) is 0. The second-order valence-corrected chi connectivity index (χ2v) is 7.32.